The van der Waals surface area contributed by atoms with Gasteiger partial charge in [0.15, 0.2) is 0 Å². The number of amides is 2. The summed E-state index contributed by atoms with van der Waals surface area (Å²) in [4.78, 5) is 30.0. The highest BCUT2D eigenvalue weighted by molar-refractivity contribution is 7.99. The Balaban J connectivity index is 1.39. The number of benzene rings is 2. The molecule has 1 atom stereocenters. The van der Waals surface area contributed by atoms with Crippen LogP contribution < -0.4 is 5.32 Å². The summed E-state index contributed by atoms with van der Waals surface area (Å²) in [6, 6.07) is 14.5. The molecule has 0 aliphatic carbocycles. The Labute approximate surface area is 193 Å². The van der Waals surface area contributed by atoms with E-state index in [4.69, 9.17) is 11.6 Å². The lowest BCUT2D eigenvalue weighted by atomic mass is 9.99. The third-order valence-corrected chi connectivity index (χ3v) is 7.62. The van der Waals surface area contributed by atoms with Crippen molar-refractivity contribution >= 4 is 40.9 Å². The topological polar surface area (TPSA) is 52.7 Å². The number of nitrogens with one attached hydrogen (secondary N) is 1. The smallest absolute Gasteiger partial charge is 0.254 e. The SMILES string of the molecule is CSC1C(=O)Nc2c(Cl)ccc(C(=O)N3CCC(N(C)CCc4ccccc4)CC3)c21. The summed E-state index contributed by atoms with van der Waals surface area (Å²) >= 11 is 7.72. The van der Waals surface area contributed by atoms with Crippen molar-refractivity contribution in [2.75, 3.05) is 38.3 Å². The average molecular weight is 458 g/mol. The van der Waals surface area contributed by atoms with Gasteiger partial charge in [-0.1, -0.05) is 41.9 Å². The average Bonchev–Trinajstić information content (AvgIpc) is 3.15. The Morgan fingerprint density at radius 1 is 1.19 bits per heavy atom. The first-order chi connectivity index (χ1) is 15.0. The lowest BCUT2D eigenvalue weighted by Crippen LogP contribution is -2.46. The zero-order valence-corrected chi connectivity index (χ0v) is 19.5. The van der Waals surface area contributed by atoms with Crippen LogP contribution in [-0.4, -0.2) is 60.6 Å². The molecule has 2 aromatic carbocycles. The van der Waals surface area contributed by atoms with Gasteiger partial charge in [0.1, 0.15) is 5.25 Å². The van der Waals surface area contributed by atoms with E-state index in [1.54, 1.807) is 12.1 Å². The molecule has 1 N–H and O–H groups in total. The summed E-state index contributed by atoms with van der Waals surface area (Å²) in [5.41, 5.74) is 3.27. The molecule has 0 radical (unpaired) electrons. The molecule has 31 heavy (non-hydrogen) atoms. The number of carbonyl (C=O) groups is 2. The minimum atomic E-state index is -0.394. The summed E-state index contributed by atoms with van der Waals surface area (Å²) < 4.78 is 0. The molecule has 2 amide bonds. The number of hydrogen-bond donors (Lipinski definition) is 1. The summed E-state index contributed by atoms with van der Waals surface area (Å²) in [6.07, 6.45) is 4.82. The molecule has 164 valence electrons. The molecular weight excluding hydrogens is 430 g/mol. The molecule has 2 aliphatic heterocycles. The van der Waals surface area contributed by atoms with E-state index < -0.39 is 5.25 Å². The van der Waals surface area contributed by atoms with Gasteiger partial charge >= 0.3 is 0 Å². The van der Waals surface area contributed by atoms with E-state index in [9.17, 15) is 9.59 Å². The van der Waals surface area contributed by atoms with Crippen molar-refractivity contribution in [1.29, 1.82) is 0 Å². The third-order valence-electron chi connectivity index (χ3n) is 6.38. The van der Waals surface area contributed by atoms with Gasteiger partial charge in [0.05, 0.1) is 10.7 Å². The van der Waals surface area contributed by atoms with Crippen LogP contribution in [0, 0.1) is 0 Å². The van der Waals surface area contributed by atoms with Crippen LogP contribution in [0.2, 0.25) is 5.02 Å². The summed E-state index contributed by atoms with van der Waals surface area (Å²) in [6.45, 7) is 2.46. The maximum Gasteiger partial charge on any atom is 0.254 e. The van der Waals surface area contributed by atoms with E-state index in [1.165, 1.54) is 17.3 Å². The molecule has 1 saturated heterocycles. The summed E-state index contributed by atoms with van der Waals surface area (Å²) in [5, 5.41) is 2.93. The van der Waals surface area contributed by atoms with Crippen molar-refractivity contribution in [3.8, 4) is 0 Å². The van der Waals surface area contributed by atoms with E-state index >= 15 is 0 Å². The molecule has 1 unspecified atom stereocenters. The van der Waals surface area contributed by atoms with Gasteiger partial charge in [0.2, 0.25) is 5.91 Å². The van der Waals surface area contributed by atoms with Gasteiger partial charge in [-0.2, -0.15) is 0 Å². The first-order valence-electron chi connectivity index (χ1n) is 10.7. The van der Waals surface area contributed by atoms with Crippen molar-refractivity contribution < 1.29 is 9.59 Å². The zero-order valence-electron chi connectivity index (χ0n) is 17.9. The monoisotopic (exact) mass is 457 g/mol. The fraction of sp³-hybridized carbons (Fsp3) is 0.417. The molecule has 0 saturated carbocycles. The Bertz CT molecular complexity index is 961. The van der Waals surface area contributed by atoms with E-state index in [1.807, 2.05) is 17.2 Å². The van der Waals surface area contributed by atoms with Crippen molar-refractivity contribution in [1.82, 2.24) is 9.80 Å². The predicted octanol–water partition coefficient (Wildman–Crippen LogP) is 4.48. The van der Waals surface area contributed by atoms with Crippen LogP contribution in [0.15, 0.2) is 42.5 Å². The molecule has 0 bridgehead atoms. The van der Waals surface area contributed by atoms with Gasteiger partial charge in [0, 0.05) is 36.8 Å². The number of carbonyl (C=O) groups excluding carboxylic acids is 2. The second-order valence-electron chi connectivity index (χ2n) is 8.23. The van der Waals surface area contributed by atoms with E-state index in [0.717, 1.165) is 44.5 Å². The highest BCUT2D eigenvalue weighted by Gasteiger charge is 2.37. The number of hydrogen-bond acceptors (Lipinski definition) is 4. The standard InChI is InChI=1S/C24H28ClN3O2S/c1-27(13-10-16-6-4-3-5-7-16)17-11-14-28(15-12-17)24(30)18-8-9-19(25)21-20(18)22(31-2)23(29)26-21/h3-9,17,22H,10-15H2,1-2H3,(H,26,29). The van der Waals surface area contributed by atoms with Gasteiger partial charge < -0.3 is 15.1 Å². The summed E-state index contributed by atoms with van der Waals surface area (Å²) in [7, 11) is 2.18. The van der Waals surface area contributed by atoms with Crippen LogP contribution in [0.4, 0.5) is 5.69 Å². The molecule has 2 heterocycles. The van der Waals surface area contributed by atoms with Crippen molar-refractivity contribution in [2.24, 2.45) is 0 Å². The Morgan fingerprint density at radius 3 is 2.58 bits per heavy atom. The number of halogens is 1. The third kappa shape index (κ3) is 4.61. The summed E-state index contributed by atoms with van der Waals surface area (Å²) in [5.74, 6) is -0.114. The lowest BCUT2D eigenvalue weighted by molar-refractivity contribution is -0.115. The van der Waals surface area contributed by atoms with Crippen LogP contribution in [0.5, 0.6) is 0 Å². The molecule has 5 nitrogen and oxygen atoms in total. The lowest BCUT2D eigenvalue weighted by Gasteiger charge is -2.37. The molecular formula is C24H28ClN3O2S. The minimum absolute atomic E-state index is 0.00569. The molecule has 7 heteroatoms. The molecule has 4 rings (SSSR count). The van der Waals surface area contributed by atoms with Crippen LogP contribution in [0.3, 0.4) is 0 Å². The molecule has 2 aromatic rings. The zero-order chi connectivity index (χ0) is 22.0. The van der Waals surface area contributed by atoms with Crippen LogP contribution in [0.1, 0.15) is 39.6 Å². The van der Waals surface area contributed by atoms with Gasteiger partial charge in [-0.05, 0) is 50.3 Å². The number of nitrogens with zero attached hydrogens (tertiary/aromatic N) is 2. The van der Waals surface area contributed by atoms with Gasteiger partial charge in [-0.3, -0.25) is 9.59 Å². The highest BCUT2D eigenvalue weighted by atomic mass is 35.5. The molecule has 0 aromatic heterocycles. The van der Waals surface area contributed by atoms with E-state index in [2.05, 4.69) is 41.5 Å². The van der Waals surface area contributed by atoms with Crippen molar-refractivity contribution in [3.05, 3.63) is 64.2 Å². The first-order valence-corrected chi connectivity index (χ1v) is 12.4. The fourth-order valence-corrected chi connectivity index (χ4v) is 5.50. The predicted molar refractivity (Wildman–Crippen MR) is 128 cm³/mol. The van der Waals surface area contributed by atoms with Crippen molar-refractivity contribution in [2.45, 2.75) is 30.6 Å². The maximum absolute atomic E-state index is 13.3. The number of thioether (sulfide) groups is 1. The quantitative estimate of drug-likeness (QED) is 0.695. The normalized spacial score (nSPS) is 18.9. The second-order valence-corrected chi connectivity index (χ2v) is 9.58. The molecule has 1 fully saturated rings. The number of likely N-dealkylation sites (tertiary alicyclic amines) is 1. The van der Waals surface area contributed by atoms with E-state index in [-0.39, 0.29) is 11.8 Å². The maximum atomic E-state index is 13.3. The van der Waals surface area contributed by atoms with Crippen LogP contribution in [0.25, 0.3) is 0 Å². The largest absolute Gasteiger partial charge is 0.339 e. The van der Waals surface area contributed by atoms with Crippen molar-refractivity contribution in [3.63, 3.8) is 0 Å². The van der Waals surface area contributed by atoms with Crippen LogP contribution >= 0.6 is 23.4 Å². The highest BCUT2D eigenvalue weighted by Crippen LogP contribution is 2.45. The van der Waals surface area contributed by atoms with Gasteiger partial charge in [-0.15, -0.1) is 11.8 Å². The Kier molecular flexibility index (Phi) is 6.89. The number of fused-ring (bicyclic) bond motifs is 1. The minimum Gasteiger partial charge on any atom is -0.339 e. The fourth-order valence-electron chi connectivity index (χ4n) is 4.54. The second kappa shape index (κ2) is 9.63. The first kappa shape index (κ1) is 22.2. The van der Waals surface area contributed by atoms with Gasteiger partial charge in [0.25, 0.3) is 5.91 Å². The van der Waals surface area contributed by atoms with Gasteiger partial charge in [-0.25, -0.2) is 0 Å². The number of anilines is 1. The molecule has 2 aliphatic rings. The Morgan fingerprint density at radius 2 is 1.90 bits per heavy atom. The molecule has 0 spiro atoms. The number of piperidine rings is 1. The number of rotatable bonds is 6. The Hall–Kier alpha value is -2.02. The number of likely N-dealkylation sites (N-methyl/N-ethyl adjacent to an activating group) is 1. The van der Waals surface area contributed by atoms with Crippen LogP contribution in [-0.2, 0) is 11.2 Å². The van der Waals surface area contributed by atoms with E-state index in [0.29, 0.717) is 22.3 Å².